The van der Waals surface area contributed by atoms with Gasteiger partial charge in [-0.3, -0.25) is 4.68 Å². The van der Waals surface area contributed by atoms with Gasteiger partial charge in [0, 0.05) is 24.8 Å². The molecule has 0 aliphatic carbocycles. The summed E-state index contributed by atoms with van der Waals surface area (Å²) in [6.45, 7) is 6.94. The maximum Gasteiger partial charge on any atom is 0.120 e. The van der Waals surface area contributed by atoms with Gasteiger partial charge in [-0.2, -0.15) is 5.10 Å². The summed E-state index contributed by atoms with van der Waals surface area (Å²) in [4.78, 5) is 0. The van der Waals surface area contributed by atoms with Gasteiger partial charge in [0.1, 0.15) is 11.5 Å². The first-order chi connectivity index (χ1) is 8.08. The van der Waals surface area contributed by atoms with Gasteiger partial charge in [0.05, 0.1) is 12.2 Å². The molecule has 1 N–H and O–H groups in total. The van der Waals surface area contributed by atoms with E-state index < -0.39 is 0 Å². The number of hydrogen-bond donors (Lipinski definition) is 1. The fourth-order valence-electron chi connectivity index (χ4n) is 1.77. The second-order valence-corrected chi connectivity index (χ2v) is 4.43. The molecule has 0 aromatic carbocycles. The molecule has 2 rings (SSSR count). The van der Waals surface area contributed by atoms with Gasteiger partial charge < -0.3 is 9.73 Å². The average Bonchev–Trinajstić information content (AvgIpc) is 2.86. The van der Waals surface area contributed by atoms with Crippen LogP contribution >= 0.6 is 0 Å². The molecular formula is C13H19N3O. The maximum absolute atomic E-state index is 5.59. The number of hydrogen-bond acceptors (Lipinski definition) is 3. The zero-order valence-corrected chi connectivity index (χ0v) is 10.8. The molecule has 0 bridgehead atoms. The summed E-state index contributed by atoms with van der Waals surface area (Å²) >= 11 is 0. The van der Waals surface area contributed by atoms with Gasteiger partial charge in [0.25, 0.3) is 0 Å². The van der Waals surface area contributed by atoms with Crippen LogP contribution in [-0.4, -0.2) is 9.78 Å². The van der Waals surface area contributed by atoms with E-state index in [2.05, 4.69) is 24.3 Å². The van der Waals surface area contributed by atoms with Crippen LogP contribution in [0.25, 0.3) is 0 Å². The first-order valence-electron chi connectivity index (χ1n) is 5.85. The van der Waals surface area contributed by atoms with Crippen LogP contribution in [-0.2, 0) is 13.6 Å². The summed E-state index contributed by atoms with van der Waals surface area (Å²) in [7, 11) is 1.96. The Labute approximate surface area is 102 Å². The van der Waals surface area contributed by atoms with Crippen molar-refractivity contribution < 1.29 is 4.42 Å². The van der Waals surface area contributed by atoms with Crippen LogP contribution in [0.15, 0.2) is 22.7 Å². The summed E-state index contributed by atoms with van der Waals surface area (Å²) in [6, 6.07) is 4.22. The smallest absolute Gasteiger partial charge is 0.120 e. The molecule has 4 heteroatoms. The Hall–Kier alpha value is -1.55. The monoisotopic (exact) mass is 233 g/mol. The highest BCUT2D eigenvalue weighted by Gasteiger charge is 2.10. The molecule has 0 saturated carbocycles. The van der Waals surface area contributed by atoms with E-state index in [-0.39, 0.29) is 6.04 Å². The largest absolute Gasteiger partial charge is 0.465 e. The fourth-order valence-corrected chi connectivity index (χ4v) is 1.77. The number of nitrogens with one attached hydrogen (secondary N) is 1. The predicted molar refractivity (Wildman–Crippen MR) is 66.6 cm³/mol. The summed E-state index contributed by atoms with van der Waals surface area (Å²) in [5.41, 5.74) is 2.42. The summed E-state index contributed by atoms with van der Waals surface area (Å²) in [5, 5.41) is 7.66. The van der Waals surface area contributed by atoms with Gasteiger partial charge in [-0.1, -0.05) is 0 Å². The lowest BCUT2D eigenvalue weighted by Gasteiger charge is -2.10. The van der Waals surface area contributed by atoms with Gasteiger partial charge in [-0.05, 0) is 32.9 Å². The SMILES string of the molecule is Cc1ccc(C(C)NCc2cnn(C)c2C)o1. The van der Waals surface area contributed by atoms with Crippen molar-refractivity contribution in [2.24, 2.45) is 7.05 Å². The zero-order chi connectivity index (χ0) is 12.4. The van der Waals surface area contributed by atoms with Gasteiger partial charge in [-0.25, -0.2) is 0 Å². The van der Waals surface area contributed by atoms with Crippen molar-refractivity contribution >= 4 is 0 Å². The Kier molecular flexibility index (Phi) is 3.33. The molecule has 0 fully saturated rings. The highest BCUT2D eigenvalue weighted by molar-refractivity contribution is 5.16. The van der Waals surface area contributed by atoms with Crippen LogP contribution < -0.4 is 5.32 Å². The molecule has 17 heavy (non-hydrogen) atoms. The standard InChI is InChI=1S/C13H19N3O/c1-9-5-6-13(17-9)10(2)14-7-12-8-15-16(4)11(12)3/h5-6,8,10,14H,7H2,1-4H3. The minimum atomic E-state index is 0.211. The lowest BCUT2D eigenvalue weighted by atomic mass is 10.2. The Morgan fingerprint density at radius 1 is 1.41 bits per heavy atom. The second kappa shape index (κ2) is 4.75. The molecule has 1 atom stereocenters. The number of rotatable bonds is 4. The molecule has 0 amide bonds. The Morgan fingerprint density at radius 2 is 2.18 bits per heavy atom. The van der Waals surface area contributed by atoms with Crippen molar-refractivity contribution in [3.8, 4) is 0 Å². The number of aromatic nitrogens is 2. The molecule has 0 saturated heterocycles. The molecule has 1 unspecified atom stereocenters. The van der Waals surface area contributed by atoms with Crippen LogP contribution in [0.2, 0.25) is 0 Å². The third kappa shape index (κ3) is 2.58. The topological polar surface area (TPSA) is 43.0 Å². The van der Waals surface area contributed by atoms with E-state index in [4.69, 9.17) is 4.42 Å². The van der Waals surface area contributed by atoms with E-state index in [0.717, 1.165) is 18.1 Å². The maximum atomic E-state index is 5.59. The van der Waals surface area contributed by atoms with Crippen molar-refractivity contribution in [2.45, 2.75) is 33.4 Å². The van der Waals surface area contributed by atoms with E-state index in [1.165, 1.54) is 11.3 Å². The van der Waals surface area contributed by atoms with Crippen LogP contribution in [0.1, 0.15) is 35.7 Å². The van der Waals surface area contributed by atoms with Crippen LogP contribution in [0.5, 0.6) is 0 Å². The van der Waals surface area contributed by atoms with Gasteiger partial charge in [0.2, 0.25) is 0 Å². The third-order valence-corrected chi connectivity index (χ3v) is 3.12. The third-order valence-electron chi connectivity index (χ3n) is 3.12. The molecular weight excluding hydrogens is 214 g/mol. The molecule has 92 valence electrons. The quantitative estimate of drug-likeness (QED) is 0.882. The Bertz CT molecular complexity index is 498. The molecule has 0 radical (unpaired) electrons. The van der Waals surface area contributed by atoms with Crippen molar-refractivity contribution in [3.05, 3.63) is 41.1 Å². The van der Waals surface area contributed by atoms with Crippen LogP contribution in [0.4, 0.5) is 0 Å². The first-order valence-corrected chi connectivity index (χ1v) is 5.85. The number of furan rings is 1. The van der Waals surface area contributed by atoms with E-state index in [1.807, 2.05) is 37.0 Å². The summed E-state index contributed by atoms with van der Waals surface area (Å²) in [5.74, 6) is 1.93. The van der Waals surface area contributed by atoms with E-state index in [0.29, 0.717) is 0 Å². The van der Waals surface area contributed by atoms with E-state index >= 15 is 0 Å². The molecule has 0 aliphatic heterocycles. The minimum absolute atomic E-state index is 0.211. The van der Waals surface area contributed by atoms with Crippen LogP contribution in [0, 0.1) is 13.8 Å². The van der Waals surface area contributed by atoms with Crippen molar-refractivity contribution in [2.75, 3.05) is 0 Å². The minimum Gasteiger partial charge on any atom is -0.465 e. The number of nitrogens with zero attached hydrogens (tertiary/aromatic N) is 2. The molecule has 2 heterocycles. The molecule has 4 nitrogen and oxygen atoms in total. The zero-order valence-electron chi connectivity index (χ0n) is 10.8. The van der Waals surface area contributed by atoms with Crippen LogP contribution in [0.3, 0.4) is 0 Å². The second-order valence-electron chi connectivity index (χ2n) is 4.43. The molecule has 2 aromatic heterocycles. The molecule has 0 aliphatic rings. The van der Waals surface area contributed by atoms with Crippen molar-refractivity contribution in [1.82, 2.24) is 15.1 Å². The summed E-state index contributed by atoms with van der Waals surface area (Å²) < 4.78 is 7.47. The Balaban J connectivity index is 1.96. The van der Waals surface area contributed by atoms with Gasteiger partial charge >= 0.3 is 0 Å². The highest BCUT2D eigenvalue weighted by atomic mass is 16.3. The number of aryl methyl sites for hydroxylation is 2. The van der Waals surface area contributed by atoms with Gasteiger partial charge in [-0.15, -0.1) is 0 Å². The fraction of sp³-hybridized carbons (Fsp3) is 0.462. The van der Waals surface area contributed by atoms with E-state index in [9.17, 15) is 0 Å². The van der Waals surface area contributed by atoms with Crippen molar-refractivity contribution in [1.29, 1.82) is 0 Å². The normalized spacial score (nSPS) is 12.9. The Morgan fingerprint density at radius 3 is 2.71 bits per heavy atom. The summed E-state index contributed by atoms with van der Waals surface area (Å²) in [6.07, 6.45) is 1.91. The van der Waals surface area contributed by atoms with E-state index in [1.54, 1.807) is 0 Å². The lowest BCUT2D eigenvalue weighted by Crippen LogP contribution is -2.17. The first kappa shape index (κ1) is 11.9. The molecule has 0 spiro atoms. The lowest BCUT2D eigenvalue weighted by molar-refractivity contribution is 0.415. The van der Waals surface area contributed by atoms with Crippen molar-refractivity contribution in [3.63, 3.8) is 0 Å². The van der Waals surface area contributed by atoms with Gasteiger partial charge in [0.15, 0.2) is 0 Å². The average molecular weight is 233 g/mol. The molecule has 2 aromatic rings. The predicted octanol–water partition coefficient (Wildman–Crippen LogP) is 2.48. The highest BCUT2D eigenvalue weighted by Crippen LogP contribution is 2.16.